The van der Waals surface area contributed by atoms with Crippen molar-refractivity contribution in [2.45, 2.75) is 20.4 Å². The molecule has 0 atom stereocenters. The zero-order chi connectivity index (χ0) is 22.2. The highest BCUT2D eigenvalue weighted by Crippen LogP contribution is 2.32. The van der Waals surface area contributed by atoms with E-state index in [1.807, 2.05) is 25.1 Å². The Labute approximate surface area is 189 Å². The summed E-state index contributed by atoms with van der Waals surface area (Å²) in [6.07, 6.45) is 1.43. The monoisotopic (exact) mass is 454 g/mol. The molecule has 0 spiro atoms. The van der Waals surface area contributed by atoms with Crippen LogP contribution in [-0.2, 0) is 11.3 Å². The maximum atomic E-state index is 13.1. The summed E-state index contributed by atoms with van der Waals surface area (Å²) in [5, 5.41) is 0.821. The van der Waals surface area contributed by atoms with Crippen molar-refractivity contribution in [1.82, 2.24) is 19.4 Å². The summed E-state index contributed by atoms with van der Waals surface area (Å²) < 4.78 is 7.55. The molecule has 1 saturated heterocycles. The number of carbonyl (C=O) groups is 1. The van der Waals surface area contributed by atoms with Crippen LogP contribution in [0.15, 0.2) is 29.3 Å². The van der Waals surface area contributed by atoms with E-state index >= 15 is 0 Å². The predicted molar refractivity (Wildman–Crippen MR) is 125 cm³/mol. The molecule has 1 aromatic carbocycles. The van der Waals surface area contributed by atoms with Gasteiger partial charge in [0.05, 0.1) is 12.2 Å². The number of amides is 1. The average molecular weight is 455 g/mol. The summed E-state index contributed by atoms with van der Waals surface area (Å²) >= 11 is 1.36. The summed E-state index contributed by atoms with van der Waals surface area (Å²) in [6, 6.07) is 5.77. The Kier molecular flexibility index (Phi) is 5.56. The molecule has 2 aliphatic heterocycles. The van der Waals surface area contributed by atoms with E-state index in [0.29, 0.717) is 29.2 Å². The van der Waals surface area contributed by atoms with Crippen molar-refractivity contribution in [3.63, 3.8) is 0 Å². The van der Waals surface area contributed by atoms with Gasteiger partial charge in [-0.3, -0.25) is 14.2 Å². The van der Waals surface area contributed by atoms with Gasteiger partial charge >= 0.3 is 0 Å². The van der Waals surface area contributed by atoms with Gasteiger partial charge in [-0.1, -0.05) is 24.3 Å². The van der Waals surface area contributed by atoms with Gasteiger partial charge in [-0.25, -0.2) is 4.98 Å². The van der Waals surface area contributed by atoms with Crippen LogP contribution in [0.3, 0.4) is 0 Å². The first-order chi connectivity index (χ1) is 15.5. The van der Waals surface area contributed by atoms with Gasteiger partial charge in [0.15, 0.2) is 10.8 Å². The Hall–Kier alpha value is -2.98. The van der Waals surface area contributed by atoms with Crippen molar-refractivity contribution in [1.29, 1.82) is 0 Å². The van der Waals surface area contributed by atoms with Gasteiger partial charge in [0.2, 0.25) is 5.91 Å². The number of piperazine rings is 1. The molecule has 0 N–H and O–H groups in total. The lowest BCUT2D eigenvalue weighted by atomic mass is 10.1. The standard InChI is InChI=1S/C22H26N6O3S/c1-3-25-6-8-26(9-7-25)22-24-20-19(32-22)21(30)27(14-23-20)13-18(29)28-10-11-31-17-5-4-15(2)12-16(17)28/h4-5,12,14H,3,6-11,13H2,1-2H3. The van der Waals surface area contributed by atoms with Crippen LogP contribution in [0.5, 0.6) is 5.75 Å². The van der Waals surface area contributed by atoms with Crippen molar-refractivity contribution in [3.05, 3.63) is 40.4 Å². The smallest absolute Gasteiger partial charge is 0.273 e. The molecule has 168 valence electrons. The van der Waals surface area contributed by atoms with Gasteiger partial charge in [0, 0.05) is 26.2 Å². The molecule has 1 fully saturated rings. The summed E-state index contributed by atoms with van der Waals surface area (Å²) in [4.78, 5) is 41.5. The van der Waals surface area contributed by atoms with E-state index in [-0.39, 0.29) is 18.0 Å². The number of nitrogens with zero attached hydrogens (tertiary/aromatic N) is 6. The molecule has 0 saturated carbocycles. The second kappa shape index (κ2) is 8.51. The molecule has 2 aromatic heterocycles. The van der Waals surface area contributed by atoms with Gasteiger partial charge in [-0.2, -0.15) is 4.98 Å². The minimum atomic E-state index is -0.225. The first kappa shape index (κ1) is 20.9. The Balaban J connectivity index is 1.38. The second-order valence-electron chi connectivity index (χ2n) is 8.11. The molecule has 0 bridgehead atoms. The number of fused-ring (bicyclic) bond motifs is 2. The maximum absolute atomic E-state index is 13.1. The van der Waals surface area contributed by atoms with Crippen LogP contribution in [0.1, 0.15) is 12.5 Å². The van der Waals surface area contributed by atoms with Crippen LogP contribution < -0.4 is 20.1 Å². The molecule has 9 nitrogen and oxygen atoms in total. The minimum Gasteiger partial charge on any atom is -0.490 e. The van der Waals surface area contributed by atoms with Crippen molar-refractivity contribution >= 4 is 38.4 Å². The van der Waals surface area contributed by atoms with E-state index in [9.17, 15) is 9.59 Å². The Morgan fingerprint density at radius 2 is 2.00 bits per heavy atom. The molecule has 0 radical (unpaired) electrons. The summed E-state index contributed by atoms with van der Waals surface area (Å²) in [6.45, 7) is 9.73. The van der Waals surface area contributed by atoms with Crippen LogP contribution in [0.2, 0.25) is 0 Å². The summed E-state index contributed by atoms with van der Waals surface area (Å²) in [7, 11) is 0. The van der Waals surface area contributed by atoms with Gasteiger partial charge < -0.3 is 19.4 Å². The third-order valence-electron chi connectivity index (χ3n) is 6.05. The number of aryl methyl sites for hydroxylation is 1. The Morgan fingerprint density at radius 1 is 1.19 bits per heavy atom. The van der Waals surface area contributed by atoms with Gasteiger partial charge in [-0.15, -0.1) is 0 Å². The van der Waals surface area contributed by atoms with E-state index in [1.54, 1.807) is 4.90 Å². The van der Waals surface area contributed by atoms with Crippen LogP contribution in [0.4, 0.5) is 10.8 Å². The number of aromatic nitrogens is 3. The summed E-state index contributed by atoms with van der Waals surface area (Å²) in [5.41, 5.74) is 2.01. The molecule has 4 heterocycles. The molecular formula is C22H26N6O3S. The lowest BCUT2D eigenvalue weighted by molar-refractivity contribution is -0.119. The number of rotatable bonds is 4. The number of likely N-dealkylation sites (N-methyl/N-ethyl adjacent to an activating group) is 1. The van der Waals surface area contributed by atoms with Crippen LogP contribution in [-0.4, -0.2) is 71.2 Å². The van der Waals surface area contributed by atoms with Gasteiger partial charge in [0.25, 0.3) is 5.56 Å². The zero-order valence-corrected chi connectivity index (χ0v) is 19.1. The lowest BCUT2D eigenvalue weighted by Crippen LogP contribution is -2.46. The number of hydrogen-bond acceptors (Lipinski definition) is 8. The fourth-order valence-corrected chi connectivity index (χ4v) is 5.18. The van der Waals surface area contributed by atoms with Gasteiger partial charge in [-0.05, 0) is 31.2 Å². The minimum absolute atomic E-state index is 0.0719. The number of hydrogen-bond donors (Lipinski definition) is 0. The molecular weight excluding hydrogens is 428 g/mol. The van der Waals surface area contributed by atoms with Crippen molar-refractivity contribution in [2.75, 3.05) is 55.7 Å². The van der Waals surface area contributed by atoms with E-state index in [0.717, 1.165) is 49.1 Å². The molecule has 0 aliphatic carbocycles. The first-order valence-corrected chi connectivity index (χ1v) is 11.7. The molecule has 3 aromatic rings. The fourth-order valence-electron chi connectivity index (χ4n) is 4.16. The van der Waals surface area contributed by atoms with Crippen molar-refractivity contribution < 1.29 is 9.53 Å². The lowest BCUT2D eigenvalue weighted by Gasteiger charge is -2.33. The zero-order valence-electron chi connectivity index (χ0n) is 18.3. The maximum Gasteiger partial charge on any atom is 0.273 e. The van der Waals surface area contributed by atoms with Crippen molar-refractivity contribution in [2.24, 2.45) is 0 Å². The molecule has 32 heavy (non-hydrogen) atoms. The highest BCUT2D eigenvalue weighted by molar-refractivity contribution is 7.22. The molecule has 0 unspecified atom stereocenters. The topological polar surface area (TPSA) is 83.8 Å². The number of thiazole rings is 1. The Bertz CT molecular complexity index is 1210. The average Bonchev–Trinajstić information content (AvgIpc) is 3.25. The van der Waals surface area contributed by atoms with Crippen LogP contribution >= 0.6 is 11.3 Å². The molecule has 10 heteroatoms. The molecule has 2 aliphatic rings. The largest absolute Gasteiger partial charge is 0.490 e. The van der Waals surface area contributed by atoms with E-state index in [2.05, 4.69) is 26.7 Å². The number of ether oxygens (including phenoxy) is 1. The predicted octanol–water partition coefficient (Wildman–Crippen LogP) is 1.73. The number of anilines is 2. The fraction of sp³-hybridized carbons (Fsp3) is 0.455. The van der Waals surface area contributed by atoms with E-state index in [1.165, 1.54) is 22.2 Å². The highest BCUT2D eigenvalue weighted by Gasteiger charge is 2.25. The third-order valence-corrected chi connectivity index (χ3v) is 7.14. The first-order valence-electron chi connectivity index (χ1n) is 10.9. The highest BCUT2D eigenvalue weighted by atomic mass is 32.1. The van der Waals surface area contributed by atoms with E-state index < -0.39 is 0 Å². The number of carbonyl (C=O) groups excluding carboxylic acids is 1. The van der Waals surface area contributed by atoms with Crippen molar-refractivity contribution in [3.8, 4) is 5.75 Å². The normalized spacial score (nSPS) is 16.8. The second-order valence-corrected chi connectivity index (χ2v) is 9.09. The summed E-state index contributed by atoms with van der Waals surface area (Å²) in [5.74, 6) is 0.523. The quantitative estimate of drug-likeness (QED) is 0.594. The number of benzene rings is 1. The molecule has 5 rings (SSSR count). The van der Waals surface area contributed by atoms with Crippen LogP contribution in [0.25, 0.3) is 10.3 Å². The molecule has 1 amide bonds. The van der Waals surface area contributed by atoms with Gasteiger partial charge in [0.1, 0.15) is 29.9 Å². The Morgan fingerprint density at radius 3 is 2.78 bits per heavy atom. The van der Waals surface area contributed by atoms with E-state index in [4.69, 9.17) is 4.74 Å². The van der Waals surface area contributed by atoms with Crippen LogP contribution in [0, 0.1) is 6.92 Å². The third kappa shape index (κ3) is 3.84. The SMILES string of the molecule is CCN1CCN(c2nc3ncn(CC(=O)N4CCOc5ccc(C)cc54)c(=O)c3s2)CC1.